The van der Waals surface area contributed by atoms with E-state index in [1.54, 1.807) is 0 Å². The quantitative estimate of drug-likeness (QED) is 0.789. The SMILES string of the molecule is O=C(CC1CC1)c1cc2ccc(Br)cc2o1. The Balaban J connectivity index is 1.94. The lowest BCUT2D eigenvalue weighted by molar-refractivity contribution is 0.0951. The van der Waals surface area contributed by atoms with Crippen LogP contribution in [0.1, 0.15) is 29.8 Å². The zero-order chi connectivity index (χ0) is 11.1. The number of furan rings is 1. The smallest absolute Gasteiger partial charge is 0.198 e. The highest BCUT2D eigenvalue weighted by Crippen LogP contribution is 2.34. The molecule has 0 aliphatic heterocycles. The first-order valence-corrected chi connectivity index (χ1v) is 6.24. The van der Waals surface area contributed by atoms with E-state index in [-0.39, 0.29) is 5.78 Å². The maximum Gasteiger partial charge on any atom is 0.198 e. The molecule has 16 heavy (non-hydrogen) atoms. The summed E-state index contributed by atoms with van der Waals surface area (Å²) in [5, 5.41) is 0.988. The summed E-state index contributed by atoms with van der Waals surface area (Å²) in [5.41, 5.74) is 0.772. The van der Waals surface area contributed by atoms with Crippen molar-refractivity contribution in [2.45, 2.75) is 19.3 Å². The lowest BCUT2D eigenvalue weighted by Crippen LogP contribution is -1.97. The van der Waals surface area contributed by atoms with Crippen molar-refractivity contribution in [3.8, 4) is 0 Å². The van der Waals surface area contributed by atoms with Gasteiger partial charge in [-0.1, -0.05) is 15.9 Å². The summed E-state index contributed by atoms with van der Waals surface area (Å²) in [5.74, 6) is 1.24. The highest BCUT2D eigenvalue weighted by molar-refractivity contribution is 9.10. The predicted molar refractivity (Wildman–Crippen MR) is 65.6 cm³/mol. The van der Waals surface area contributed by atoms with Crippen LogP contribution >= 0.6 is 15.9 Å². The van der Waals surface area contributed by atoms with E-state index in [4.69, 9.17) is 4.42 Å². The number of Topliss-reactive ketones (excluding diaryl/α,β-unsaturated/α-hetero) is 1. The van der Waals surface area contributed by atoms with Gasteiger partial charge in [0.1, 0.15) is 5.58 Å². The molecule has 0 atom stereocenters. The van der Waals surface area contributed by atoms with E-state index in [1.165, 1.54) is 12.8 Å². The Kier molecular flexibility index (Phi) is 2.36. The van der Waals surface area contributed by atoms with Gasteiger partial charge in [0.25, 0.3) is 0 Å². The first-order valence-electron chi connectivity index (χ1n) is 5.45. The summed E-state index contributed by atoms with van der Waals surface area (Å²) in [6, 6.07) is 7.64. The van der Waals surface area contributed by atoms with Gasteiger partial charge < -0.3 is 4.42 Å². The Bertz CT molecular complexity index is 552. The van der Waals surface area contributed by atoms with E-state index >= 15 is 0 Å². The van der Waals surface area contributed by atoms with Gasteiger partial charge in [-0.05, 0) is 43.0 Å². The van der Waals surface area contributed by atoms with Crippen LogP contribution in [0.15, 0.2) is 33.2 Å². The molecule has 0 bridgehead atoms. The lowest BCUT2D eigenvalue weighted by Gasteiger charge is -1.92. The minimum absolute atomic E-state index is 0.134. The molecule has 3 heteroatoms. The molecule has 1 aromatic heterocycles. The van der Waals surface area contributed by atoms with Gasteiger partial charge in [-0.15, -0.1) is 0 Å². The molecule has 2 nitrogen and oxygen atoms in total. The number of rotatable bonds is 3. The van der Waals surface area contributed by atoms with Gasteiger partial charge >= 0.3 is 0 Å². The van der Waals surface area contributed by atoms with Crippen molar-refractivity contribution < 1.29 is 9.21 Å². The zero-order valence-corrected chi connectivity index (χ0v) is 10.3. The Morgan fingerprint density at radius 2 is 2.19 bits per heavy atom. The summed E-state index contributed by atoms with van der Waals surface area (Å²) < 4.78 is 6.53. The van der Waals surface area contributed by atoms with Crippen molar-refractivity contribution in [1.82, 2.24) is 0 Å². The fourth-order valence-corrected chi connectivity index (χ4v) is 2.17. The number of carbonyl (C=O) groups is 1. The van der Waals surface area contributed by atoms with Crippen LogP contribution in [-0.2, 0) is 0 Å². The maximum atomic E-state index is 11.8. The van der Waals surface area contributed by atoms with Crippen LogP contribution in [0, 0.1) is 5.92 Å². The van der Waals surface area contributed by atoms with Crippen molar-refractivity contribution in [1.29, 1.82) is 0 Å². The molecule has 82 valence electrons. The fourth-order valence-electron chi connectivity index (χ4n) is 1.83. The number of hydrogen-bond acceptors (Lipinski definition) is 2. The second kappa shape index (κ2) is 3.74. The van der Waals surface area contributed by atoms with E-state index < -0.39 is 0 Å². The van der Waals surface area contributed by atoms with Crippen LogP contribution in [-0.4, -0.2) is 5.78 Å². The van der Waals surface area contributed by atoms with Crippen LogP contribution < -0.4 is 0 Å². The fraction of sp³-hybridized carbons (Fsp3) is 0.308. The number of benzene rings is 1. The molecule has 1 aliphatic rings. The molecule has 0 radical (unpaired) electrons. The molecule has 1 saturated carbocycles. The third-order valence-corrected chi connectivity index (χ3v) is 3.42. The van der Waals surface area contributed by atoms with Gasteiger partial charge in [-0.3, -0.25) is 4.79 Å². The number of halogens is 1. The van der Waals surface area contributed by atoms with Crippen molar-refractivity contribution >= 4 is 32.7 Å². The first-order chi connectivity index (χ1) is 7.72. The topological polar surface area (TPSA) is 30.2 Å². The average molecular weight is 279 g/mol. The van der Waals surface area contributed by atoms with Gasteiger partial charge in [-0.25, -0.2) is 0 Å². The van der Waals surface area contributed by atoms with Gasteiger partial charge in [0.2, 0.25) is 0 Å². The largest absolute Gasteiger partial charge is 0.453 e. The van der Waals surface area contributed by atoms with Crippen molar-refractivity contribution in [2.24, 2.45) is 5.92 Å². The molecular formula is C13H11BrO2. The van der Waals surface area contributed by atoms with E-state index in [2.05, 4.69) is 15.9 Å². The Morgan fingerprint density at radius 1 is 1.38 bits per heavy atom. The van der Waals surface area contributed by atoms with E-state index in [0.29, 0.717) is 18.1 Å². The highest BCUT2D eigenvalue weighted by Gasteiger charge is 2.26. The highest BCUT2D eigenvalue weighted by atomic mass is 79.9. The van der Waals surface area contributed by atoms with Crippen LogP contribution in [0.3, 0.4) is 0 Å². The molecule has 3 rings (SSSR count). The molecule has 1 aromatic carbocycles. The van der Waals surface area contributed by atoms with Crippen LogP contribution in [0.2, 0.25) is 0 Å². The van der Waals surface area contributed by atoms with E-state index in [0.717, 1.165) is 15.4 Å². The maximum absolute atomic E-state index is 11.8. The average Bonchev–Trinajstić information content (AvgIpc) is 2.95. The van der Waals surface area contributed by atoms with E-state index in [1.807, 2.05) is 24.3 Å². The lowest BCUT2D eigenvalue weighted by atomic mass is 10.1. The summed E-state index contributed by atoms with van der Waals surface area (Å²) in [4.78, 5) is 11.8. The Morgan fingerprint density at radius 3 is 2.94 bits per heavy atom. The summed E-state index contributed by atoms with van der Waals surface area (Å²) >= 11 is 3.38. The second-order valence-electron chi connectivity index (χ2n) is 4.36. The third kappa shape index (κ3) is 1.92. The van der Waals surface area contributed by atoms with Crippen molar-refractivity contribution in [3.05, 3.63) is 34.5 Å². The molecule has 2 aromatic rings. The van der Waals surface area contributed by atoms with Crippen LogP contribution in [0.5, 0.6) is 0 Å². The number of fused-ring (bicyclic) bond motifs is 1. The van der Waals surface area contributed by atoms with Crippen LogP contribution in [0.4, 0.5) is 0 Å². The van der Waals surface area contributed by atoms with Crippen LogP contribution in [0.25, 0.3) is 11.0 Å². The Labute approximate surface area is 102 Å². The summed E-state index contributed by atoms with van der Waals surface area (Å²) in [7, 11) is 0. The number of hydrogen-bond donors (Lipinski definition) is 0. The number of carbonyl (C=O) groups excluding carboxylic acids is 1. The van der Waals surface area contributed by atoms with Crippen molar-refractivity contribution in [2.75, 3.05) is 0 Å². The normalized spacial score (nSPS) is 15.6. The molecule has 0 saturated heterocycles. The van der Waals surface area contributed by atoms with Gasteiger partial charge in [0.05, 0.1) is 0 Å². The number of ketones is 1. The molecular weight excluding hydrogens is 268 g/mol. The first kappa shape index (κ1) is 10.1. The Hall–Kier alpha value is -1.09. The molecule has 0 N–H and O–H groups in total. The summed E-state index contributed by atoms with van der Waals surface area (Å²) in [6.07, 6.45) is 3.02. The molecule has 0 amide bonds. The standard InChI is InChI=1S/C13H11BrO2/c14-10-4-3-9-6-13(16-12(9)7-10)11(15)5-8-1-2-8/h3-4,6-8H,1-2,5H2. The zero-order valence-electron chi connectivity index (χ0n) is 8.70. The van der Waals surface area contributed by atoms with E-state index in [9.17, 15) is 4.79 Å². The summed E-state index contributed by atoms with van der Waals surface area (Å²) in [6.45, 7) is 0. The molecule has 1 aliphatic carbocycles. The van der Waals surface area contributed by atoms with Crippen molar-refractivity contribution in [3.63, 3.8) is 0 Å². The minimum atomic E-state index is 0.134. The molecule has 1 fully saturated rings. The second-order valence-corrected chi connectivity index (χ2v) is 5.28. The van der Waals surface area contributed by atoms with Gasteiger partial charge in [0.15, 0.2) is 11.5 Å². The molecule has 0 unspecified atom stereocenters. The molecule has 0 spiro atoms. The monoisotopic (exact) mass is 278 g/mol. The molecule has 1 heterocycles. The third-order valence-electron chi connectivity index (χ3n) is 2.93. The minimum Gasteiger partial charge on any atom is -0.453 e. The van der Waals surface area contributed by atoms with Gasteiger partial charge in [0, 0.05) is 16.3 Å². The predicted octanol–water partition coefficient (Wildman–Crippen LogP) is 4.18. The van der Waals surface area contributed by atoms with Gasteiger partial charge in [-0.2, -0.15) is 0 Å².